The van der Waals surface area contributed by atoms with Gasteiger partial charge >= 0.3 is 11.9 Å². The molecule has 3 aliphatic heterocycles. The Kier molecular flexibility index (Phi) is 7.38. The Labute approximate surface area is 187 Å². The largest absolute Gasteiger partial charge is 0.616 e. The maximum Gasteiger partial charge on any atom is 0.359 e. The first-order valence-corrected chi connectivity index (χ1v) is 13.0. The van der Waals surface area contributed by atoms with Crippen LogP contribution >= 0.6 is 23.5 Å². The van der Waals surface area contributed by atoms with Crippen molar-refractivity contribution in [3.63, 3.8) is 0 Å². The van der Waals surface area contributed by atoms with Crippen LogP contribution in [0, 0.1) is 11.3 Å². The van der Waals surface area contributed by atoms with E-state index in [4.69, 9.17) is 9.47 Å². The zero-order valence-electron chi connectivity index (χ0n) is 17.4. The van der Waals surface area contributed by atoms with Crippen molar-refractivity contribution in [1.29, 1.82) is 0 Å². The molecular weight excluding hydrogens is 450 g/mol. The van der Waals surface area contributed by atoms with Crippen molar-refractivity contribution in [1.82, 2.24) is 4.90 Å². The Morgan fingerprint density at radius 1 is 1.40 bits per heavy atom. The van der Waals surface area contributed by atoms with E-state index in [1.807, 2.05) is 20.8 Å². The number of ether oxygens (including phenoxy) is 2. The fraction of sp³-hybridized carbons (Fsp3) is 0.737. The lowest BCUT2D eigenvalue weighted by Gasteiger charge is -2.43. The molecular formula is C19H27NO7S3. The van der Waals surface area contributed by atoms with E-state index in [1.54, 1.807) is 6.92 Å². The van der Waals surface area contributed by atoms with Gasteiger partial charge in [-0.3, -0.25) is 14.5 Å². The summed E-state index contributed by atoms with van der Waals surface area (Å²) in [6.45, 7) is 6.72. The average Bonchev–Trinajstić information content (AvgIpc) is 3.14. The van der Waals surface area contributed by atoms with Crippen LogP contribution in [0.2, 0.25) is 0 Å². The van der Waals surface area contributed by atoms with Gasteiger partial charge in [0.2, 0.25) is 12.7 Å². The lowest BCUT2D eigenvalue weighted by atomic mass is 9.92. The fourth-order valence-corrected chi connectivity index (χ4v) is 8.65. The molecule has 0 saturated carbocycles. The van der Waals surface area contributed by atoms with Gasteiger partial charge in [0, 0.05) is 6.42 Å². The molecule has 8 nitrogen and oxygen atoms in total. The minimum atomic E-state index is -0.864. The van der Waals surface area contributed by atoms with Crippen LogP contribution in [-0.2, 0) is 35.0 Å². The molecule has 5 atom stereocenters. The van der Waals surface area contributed by atoms with Crippen molar-refractivity contribution < 1.29 is 33.5 Å². The highest BCUT2D eigenvalue weighted by molar-refractivity contribution is 8.23. The van der Waals surface area contributed by atoms with Crippen LogP contribution in [0.5, 0.6) is 0 Å². The van der Waals surface area contributed by atoms with Crippen molar-refractivity contribution in [2.24, 2.45) is 11.3 Å². The normalized spacial score (nSPS) is 29.5. The Hall–Kier alpha value is -0.880. The fourth-order valence-electron chi connectivity index (χ4n) is 3.41. The van der Waals surface area contributed by atoms with Crippen LogP contribution in [0.4, 0.5) is 0 Å². The Morgan fingerprint density at radius 2 is 2.10 bits per heavy atom. The van der Waals surface area contributed by atoms with E-state index < -0.39 is 41.9 Å². The van der Waals surface area contributed by atoms with Gasteiger partial charge in [-0.1, -0.05) is 43.7 Å². The van der Waals surface area contributed by atoms with Crippen molar-refractivity contribution in [3.8, 4) is 0 Å². The van der Waals surface area contributed by atoms with E-state index in [-0.39, 0.29) is 34.1 Å². The highest BCUT2D eigenvalue weighted by Gasteiger charge is 2.58. The Morgan fingerprint density at radius 3 is 2.67 bits per heavy atom. The van der Waals surface area contributed by atoms with E-state index in [0.717, 1.165) is 6.42 Å². The first-order valence-electron chi connectivity index (χ1n) is 9.74. The first-order chi connectivity index (χ1) is 14.0. The number of rotatable bonds is 7. The van der Waals surface area contributed by atoms with Gasteiger partial charge in [-0.2, -0.15) is 0 Å². The molecule has 0 radical (unpaired) electrons. The Balaban J connectivity index is 1.67. The maximum atomic E-state index is 12.8. The number of aliphatic hydroxyl groups is 1. The second kappa shape index (κ2) is 9.32. The van der Waals surface area contributed by atoms with Crippen molar-refractivity contribution >= 4 is 52.5 Å². The van der Waals surface area contributed by atoms with Crippen molar-refractivity contribution in [2.75, 3.05) is 18.3 Å². The number of esters is 2. The van der Waals surface area contributed by atoms with E-state index in [9.17, 15) is 24.0 Å². The van der Waals surface area contributed by atoms with Gasteiger partial charge in [0.05, 0.1) is 27.9 Å². The summed E-state index contributed by atoms with van der Waals surface area (Å²) in [5.41, 5.74) is -0.120. The minimum absolute atomic E-state index is 0.0968. The van der Waals surface area contributed by atoms with Gasteiger partial charge in [0.25, 0.3) is 0 Å². The molecule has 11 heteroatoms. The van der Waals surface area contributed by atoms with Crippen LogP contribution in [0.1, 0.15) is 40.5 Å². The van der Waals surface area contributed by atoms with Crippen LogP contribution in [0.3, 0.4) is 0 Å². The van der Waals surface area contributed by atoms with Gasteiger partial charge in [-0.25, -0.2) is 4.79 Å². The average molecular weight is 478 g/mol. The molecule has 0 aromatic rings. The number of β-lactam (4-membered cyclic amide) rings is 1. The van der Waals surface area contributed by atoms with Crippen LogP contribution in [-0.4, -0.2) is 67.4 Å². The molecule has 3 aliphatic rings. The van der Waals surface area contributed by atoms with E-state index in [2.05, 4.69) is 0 Å². The predicted molar refractivity (Wildman–Crippen MR) is 115 cm³/mol. The molecule has 0 aromatic heterocycles. The van der Waals surface area contributed by atoms with Crippen molar-refractivity contribution in [2.45, 2.75) is 57.3 Å². The maximum absolute atomic E-state index is 12.8. The van der Waals surface area contributed by atoms with E-state index >= 15 is 0 Å². The lowest BCUT2D eigenvalue weighted by Crippen LogP contribution is -2.60. The molecule has 0 unspecified atom stereocenters. The summed E-state index contributed by atoms with van der Waals surface area (Å²) < 4.78 is 22.5. The number of nitrogens with zero attached hydrogens (tertiary/aromatic N) is 1. The third-order valence-corrected chi connectivity index (χ3v) is 9.41. The summed E-state index contributed by atoms with van der Waals surface area (Å²) in [6.07, 6.45) is 0.128. The van der Waals surface area contributed by atoms with Gasteiger partial charge in [-0.05, 0) is 12.3 Å². The molecule has 0 aromatic carbocycles. The molecule has 3 rings (SSSR count). The zero-order chi connectivity index (χ0) is 22.2. The molecule has 0 aliphatic carbocycles. The molecule has 0 bridgehead atoms. The first kappa shape index (κ1) is 23.8. The summed E-state index contributed by atoms with van der Waals surface area (Å²) in [7, 11) is 0. The summed E-state index contributed by atoms with van der Waals surface area (Å²) in [5, 5.41) is 9.65. The monoisotopic (exact) mass is 477 g/mol. The number of hydrogen-bond donors (Lipinski definition) is 1. The van der Waals surface area contributed by atoms with Crippen molar-refractivity contribution in [3.05, 3.63) is 9.93 Å². The van der Waals surface area contributed by atoms with E-state index in [1.165, 1.54) is 28.4 Å². The molecule has 2 fully saturated rings. The number of carbonyl (C=O) groups excluding carboxylic acids is 3. The molecule has 168 valence electrons. The molecule has 1 amide bonds. The quantitative estimate of drug-likeness (QED) is 0.253. The lowest BCUT2D eigenvalue weighted by molar-refractivity contribution is -0.170. The summed E-state index contributed by atoms with van der Waals surface area (Å²) in [4.78, 5) is 38.5. The minimum Gasteiger partial charge on any atom is -0.616 e. The number of amides is 1. The second-order valence-corrected chi connectivity index (χ2v) is 13.1. The summed E-state index contributed by atoms with van der Waals surface area (Å²) in [5.74, 6) is -0.961. The number of carbonyl (C=O) groups is 3. The van der Waals surface area contributed by atoms with Crippen LogP contribution in [0.25, 0.3) is 0 Å². The Bertz CT molecular complexity index is 749. The summed E-state index contributed by atoms with van der Waals surface area (Å²) >= 11 is 1.92. The second-order valence-electron chi connectivity index (χ2n) is 8.76. The number of fused-ring (bicyclic) bond motifs is 1. The summed E-state index contributed by atoms with van der Waals surface area (Å²) in [6, 6.07) is 0. The highest BCUT2D eigenvalue weighted by atomic mass is 32.2. The third kappa shape index (κ3) is 5.29. The number of hydrogen-bond acceptors (Lipinski definition) is 9. The standard InChI is InChI=1S/C19H27NO7S3/c1-10(21)13-15(23)20-14(17(24)27-9-26-12(22)7-19(2,3)4)18(29-16(13)20)28-11-5-6-30(25)8-11/h10-11,13,16,21H,5-9H2,1-4H3/t10-,11+,13+,16-,30-/m1/s1. The molecule has 0 spiro atoms. The molecule has 1 N–H and O–H groups in total. The smallest absolute Gasteiger partial charge is 0.359 e. The van der Waals surface area contributed by atoms with Gasteiger partial charge in [0.1, 0.15) is 16.9 Å². The van der Waals surface area contributed by atoms with Crippen LogP contribution < -0.4 is 0 Å². The topological polar surface area (TPSA) is 116 Å². The third-order valence-electron chi connectivity index (χ3n) is 4.86. The van der Waals surface area contributed by atoms with Gasteiger partial charge < -0.3 is 19.1 Å². The van der Waals surface area contributed by atoms with Gasteiger partial charge in [0.15, 0.2) is 5.70 Å². The number of thioether (sulfide) groups is 2. The molecule has 3 heterocycles. The number of aliphatic hydroxyl groups excluding tert-OH is 1. The molecule has 2 saturated heterocycles. The predicted octanol–water partition coefficient (Wildman–Crippen LogP) is 1.80. The SMILES string of the molecule is C[C@@H](O)[C@H]1C(=O)N2C(C(=O)OCOC(=O)CC(C)(C)C)=C(S[C@H]3CC[S@@+]([O-])C3)S[C@H]12. The zero-order valence-corrected chi connectivity index (χ0v) is 19.9. The van der Waals surface area contributed by atoms with Gasteiger partial charge in [-0.15, -0.1) is 11.8 Å². The van der Waals surface area contributed by atoms with E-state index in [0.29, 0.717) is 15.7 Å². The highest BCUT2D eigenvalue weighted by Crippen LogP contribution is 2.55. The molecule has 30 heavy (non-hydrogen) atoms. The van der Waals surface area contributed by atoms with Crippen LogP contribution in [0.15, 0.2) is 9.93 Å².